The first-order valence-corrected chi connectivity index (χ1v) is 11.8. The average molecular weight is 517 g/mol. The van der Waals surface area contributed by atoms with Crippen LogP contribution >= 0.6 is 23.2 Å². The predicted octanol–water partition coefficient (Wildman–Crippen LogP) is 5.82. The molecule has 190 valence electrons. The zero-order valence-corrected chi connectivity index (χ0v) is 21.8. The summed E-state index contributed by atoms with van der Waals surface area (Å²) < 4.78 is 20.0. The van der Waals surface area contributed by atoms with Gasteiger partial charge in [-0.3, -0.25) is 9.59 Å². The van der Waals surface area contributed by atoms with Gasteiger partial charge in [0.15, 0.2) is 6.79 Å². The van der Waals surface area contributed by atoms with Crippen LogP contribution in [0, 0.1) is 0 Å². The summed E-state index contributed by atoms with van der Waals surface area (Å²) in [5.41, 5.74) is 1.64. The third-order valence-electron chi connectivity index (χ3n) is 4.35. The molecule has 2 unspecified atom stereocenters. The van der Waals surface area contributed by atoms with Gasteiger partial charge in [0.05, 0.1) is 30.4 Å². The highest BCUT2D eigenvalue weighted by Crippen LogP contribution is 2.22. The average Bonchev–Trinajstić information content (AvgIpc) is 2.83. The molecule has 0 heterocycles. The highest BCUT2D eigenvalue weighted by Gasteiger charge is 2.17. The lowest BCUT2D eigenvalue weighted by molar-refractivity contribution is -0.145. The molecular formula is C25H34Cl2O7. The summed E-state index contributed by atoms with van der Waals surface area (Å²) in [6.45, 7) is 8.10. The molecule has 0 saturated carbocycles. The molecule has 0 aliphatic heterocycles. The molecule has 0 spiro atoms. The Labute approximate surface area is 211 Å². The molecule has 0 aromatic heterocycles. The maximum Gasteiger partial charge on any atom is 0.313 e. The summed E-state index contributed by atoms with van der Waals surface area (Å²) in [5.74, 6) is -0.267. The number of rotatable bonds is 9. The van der Waals surface area contributed by atoms with E-state index in [4.69, 9.17) is 42.1 Å². The summed E-state index contributed by atoms with van der Waals surface area (Å²) in [6.07, 6.45) is 0. The molecule has 0 aliphatic carbocycles. The first-order valence-electron chi connectivity index (χ1n) is 10.7. The van der Waals surface area contributed by atoms with E-state index in [1.807, 2.05) is 31.2 Å². The Kier molecular flexibility index (Phi) is 17.5. The zero-order chi connectivity index (χ0) is 25.9. The van der Waals surface area contributed by atoms with Gasteiger partial charge in [0.25, 0.3) is 0 Å². The molecule has 2 aromatic rings. The number of phenolic OH excluding ortho intramolecular Hbond substituents is 1. The zero-order valence-electron chi connectivity index (χ0n) is 20.3. The first kappa shape index (κ1) is 31.5. The molecule has 0 fully saturated rings. The molecule has 2 atom stereocenters. The number of halogens is 2. The maximum atomic E-state index is 11.6. The Morgan fingerprint density at radius 2 is 1.35 bits per heavy atom. The Morgan fingerprint density at radius 3 is 1.79 bits per heavy atom. The highest BCUT2D eigenvalue weighted by molar-refractivity contribution is 6.40. The molecule has 7 nitrogen and oxygen atoms in total. The Balaban J connectivity index is 0.000000582. The van der Waals surface area contributed by atoms with Gasteiger partial charge in [0.2, 0.25) is 0 Å². The Bertz CT molecular complexity index is 846. The van der Waals surface area contributed by atoms with Crippen LogP contribution in [0.5, 0.6) is 11.5 Å². The van der Waals surface area contributed by atoms with Crippen LogP contribution in [0.3, 0.4) is 0 Å². The largest absolute Gasteiger partial charge is 0.508 e. The number of methoxy groups -OCH3 is 1. The minimum atomic E-state index is -0.331. The smallest absolute Gasteiger partial charge is 0.313 e. The number of alkyl halides is 2. The van der Waals surface area contributed by atoms with Gasteiger partial charge in [0, 0.05) is 7.11 Å². The SMILES string of the molecule is CCOC(=O)C(C)c1cccc(O)c1.CCOC(=O)C(C)c1cccc(OCOC)c1.ClCCl. The van der Waals surface area contributed by atoms with E-state index in [1.165, 1.54) is 0 Å². The second-order valence-electron chi connectivity index (χ2n) is 6.77. The summed E-state index contributed by atoms with van der Waals surface area (Å²) in [6, 6.07) is 14.0. The fraction of sp³-hybridized carbons (Fsp3) is 0.440. The first-order chi connectivity index (χ1) is 16.2. The van der Waals surface area contributed by atoms with Crippen LogP contribution in [-0.2, 0) is 23.8 Å². The lowest BCUT2D eigenvalue weighted by atomic mass is 10.0. The number of carbonyl (C=O) groups excluding carboxylic acids is 2. The summed E-state index contributed by atoms with van der Waals surface area (Å²) in [5, 5.41) is 9.42. The standard InChI is InChI=1S/C13H18O4.C11H14O3.CH2Cl2/c1-4-16-13(14)10(2)11-6-5-7-12(8-11)17-9-15-3;1-3-14-11(13)8(2)9-5-4-6-10(12)7-9;2-1-3/h5-8,10H,4,9H2,1-3H3;4-8,12H,3H2,1-2H3;1H2. The van der Waals surface area contributed by atoms with Crippen molar-refractivity contribution in [3.63, 3.8) is 0 Å². The molecule has 2 rings (SSSR count). The molecule has 0 saturated heterocycles. The number of phenols is 1. The second-order valence-corrected chi connectivity index (χ2v) is 7.57. The minimum absolute atomic E-state index is 0.165. The van der Waals surface area contributed by atoms with Gasteiger partial charge in [-0.1, -0.05) is 24.3 Å². The van der Waals surface area contributed by atoms with E-state index in [2.05, 4.69) is 0 Å². The van der Waals surface area contributed by atoms with Gasteiger partial charge in [0.1, 0.15) is 11.5 Å². The van der Waals surface area contributed by atoms with E-state index in [0.717, 1.165) is 11.1 Å². The van der Waals surface area contributed by atoms with Crippen molar-refractivity contribution in [3.05, 3.63) is 59.7 Å². The number of carbonyl (C=O) groups is 2. The van der Waals surface area contributed by atoms with Crippen LogP contribution in [0.4, 0.5) is 0 Å². The topological polar surface area (TPSA) is 91.3 Å². The van der Waals surface area contributed by atoms with Crippen LogP contribution in [0.2, 0.25) is 0 Å². The molecular weight excluding hydrogens is 483 g/mol. The van der Waals surface area contributed by atoms with Crippen molar-refractivity contribution in [1.29, 1.82) is 0 Å². The lowest BCUT2D eigenvalue weighted by Crippen LogP contribution is -2.13. The predicted molar refractivity (Wildman–Crippen MR) is 134 cm³/mol. The Hall–Kier alpha value is -2.48. The van der Waals surface area contributed by atoms with Crippen molar-refractivity contribution >= 4 is 35.1 Å². The molecule has 0 bridgehead atoms. The van der Waals surface area contributed by atoms with Crippen molar-refractivity contribution in [1.82, 2.24) is 0 Å². The number of hydrogen-bond donors (Lipinski definition) is 1. The number of benzene rings is 2. The highest BCUT2D eigenvalue weighted by atomic mass is 35.5. The normalized spacial score (nSPS) is 11.5. The van der Waals surface area contributed by atoms with E-state index >= 15 is 0 Å². The summed E-state index contributed by atoms with van der Waals surface area (Å²) in [7, 11) is 1.56. The number of esters is 2. The van der Waals surface area contributed by atoms with Gasteiger partial charge < -0.3 is 24.1 Å². The van der Waals surface area contributed by atoms with Crippen molar-refractivity contribution in [2.45, 2.75) is 39.5 Å². The fourth-order valence-electron chi connectivity index (χ4n) is 2.60. The van der Waals surface area contributed by atoms with E-state index in [9.17, 15) is 14.7 Å². The maximum absolute atomic E-state index is 11.6. The van der Waals surface area contributed by atoms with Crippen LogP contribution in [0.25, 0.3) is 0 Å². The molecule has 34 heavy (non-hydrogen) atoms. The van der Waals surface area contributed by atoms with Crippen molar-refractivity contribution in [2.75, 3.05) is 32.5 Å². The second kappa shape index (κ2) is 18.9. The molecule has 0 aliphatic rings. The van der Waals surface area contributed by atoms with Gasteiger partial charge in [-0.15, -0.1) is 23.2 Å². The number of hydrogen-bond acceptors (Lipinski definition) is 7. The number of ether oxygens (including phenoxy) is 4. The molecule has 0 radical (unpaired) electrons. The van der Waals surface area contributed by atoms with Gasteiger partial charge in [-0.05, 0) is 63.1 Å². The van der Waals surface area contributed by atoms with Crippen LogP contribution < -0.4 is 4.74 Å². The van der Waals surface area contributed by atoms with Crippen molar-refractivity contribution < 1.29 is 33.6 Å². The minimum Gasteiger partial charge on any atom is -0.508 e. The van der Waals surface area contributed by atoms with E-state index in [0.29, 0.717) is 19.0 Å². The monoisotopic (exact) mass is 516 g/mol. The molecule has 9 heteroatoms. The van der Waals surface area contributed by atoms with E-state index in [-0.39, 0.29) is 41.7 Å². The number of aromatic hydroxyl groups is 1. The van der Waals surface area contributed by atoms with Crippen molar-refractivity contribution in [3.8, 4) is 11.5 Å². The van der Waals surface area contributed by atoms with Crippen LogP contribution in [0.1, 0.15) is 50.7 Å². The lowest BCUT2D eigenvalue weighted by Gasteiger charge is -2.12. The van der Waals surface area contributed by atoms with Crippen LogP contribution in [-0.4, -0.2) is 49.5 Å². The van der Waals surface area contributed by atoms with Crippen molar-refractivity contribution in [2.24, 2.45) is 0 Å². The van der Waals surface area contributed by atoms with Gasteiger partial charge in [-0.2, -0.15) is 0 Å². The van der Waals surface area contributed by atoms with Crippen LogP contribution in [0.15, 0.2) is 48.5 Å². The quantitative estimate of drug-likeness (QED) is 0.255. The van der Waals surface area contributed by atoms with E-state index in [1.54, 1.807) is 52.1 Å². The third-order valence-corrected chi connectivity index (χ3v) is 4.35. The van der Waals surface area contributed by atoms with E-state index < -0.39 is 0 Å². The third kappa shape index (κ3) is 12.7. The summed E-state index contributed by atoms with van der Waals surface area (Å²) >= 11 is 9.53. The molecule has 2 aromatic carbocycles. The van der Waals surface area contributed by atoms with Gasteiger partial charge in [-0.25, -0.2) is 0 Å². The van der Waals surface area contributed by atoms with Gasteiger partial charge >= 0.3 is 11.9 Å². The molecule has 1 N–H and O–H groups in total. The molecule has 0 amide bonds. The fourth-order valence-corrected chi connectivity index (χ4v) is 2.60. The summed E-state index contributed by atoms with van der Waals surface area (Å²) in [4.78, 5) is 22.9. The Morgan fingerprint density at radius 1 is 0.882 bits per heavy atom.